The van der Waals surface area contributed by atoms with Crippen LogP contribution in [0.4, 0.5) is 0 Å². The predicted molar refractivity (Wildman–Crippen MR) is 39.4 cm³/mol. The van der Waals surface area contributed by atoms with Crippen molar-refractivity contribution in [2.24, 2.45) is 5.41 Å². The first-order valence-electron chi connectivity index (χ1n) is 3.56. The van der Waals surface area contributed by atoms with Gasteiger partial charge in [0.25, 0.3) is 0 Å². The molecule has 0 radical (unpaired) electrons. The molecular weight excluding hydrogens is 128 g/mol. The van der Waals surface area contributed by atoms with Crippen molar-refractivity contribution in [2.45, 2.75) is 20.8 Å². The summed E-state index contributed by atoms with van der Waals surface area (Å²) < 4.78 is 10.5. The lowest BCUT2D eigenvalue weighted by molar-refractivity contribution is 0.0526. The molecule has 0 spiro atoms. The van der Waals surface area contributed by atoms with E-state index in [0.717, 1.165) is 5.76 Å². The SMILES string of the molecule is CC(C)(C)C1=COCCO1. The highest BCUT2D eigenvalue weighted by Gasteiger charge is 2.20. The molecule has 0 N–H and O–H groups in total. The summed E-state index contributed by atoms with van der Waals surface area (Å²) in [6.45, 7) is 7.68. The van der Waals surface area contributed by atoms with Crippen molar-refractivity contribution in [3.05, 3.63) is 12.0 Å². The summed E-state index contributed by atoms with van der Waals surface area (Å²) in [4.78, 5) is 0. The molecule has 58 valence electrons. The van der Waals surface area contributed by atoms with E-state index < -0.39 is 0 Å². The molecule has 2 heteroatoms. The van der Waals surface area contributed by atoms with Crippen molar-refractivity contribution in [1.29, 1.82) is 0 Å². The Labute approximate surface area is 61.8 Å². The standard InChI is InChI=1S/C8H14O2/c1-8(2,3)7-6-9-4-5-10-7/h6H,4-5H2,1-3H3. The minimum absolute atomic E-state index is 0.0837. The highest BCUT2D eigenvalue weighted by molar-refractivity contribution is 5.00. The van der Waals surface area contributed by atoms with E-state index >= 15 is 0 Å². The minimum atomic E-state index is 0.0837. The van der Waals surface area contributed by atoms with Gasteiger partial charge in [-0.25, -0.2) is 0 Å². The zero-order valence-electron chi connectivity index (χ0n) is 6.81. The van der Waals surface area contributed by atoms with Gasteiger partial charge in [0.1, 0.15) is 25.2 Å². The summed E-state index contributed by atoms with van der Waals surface area (Å²) in [6.07, 6.45) is 1.71. The molecule has 1 rings (SSSR count). The van der Waals surface area contributed by atoms with Crippen molar-refractivity contribution in [1.82, 2.24) is 0 Å². The highest BCUT2D eigenvalue weighted by atomic mass is 16.6. The van der Waals surface area contributed by atoms with Crippen LogP contribution >= 0.6 is 0 Å². The van der Waals surface area contributed by atoms with Crippen LogP contribution in [0.1, 0.15) is 20.8 Å². The van der Waals surface area contributed by atoms with Crippen molar-refractivity contribution >= 4 is 0 Å². The molecular formula is C8H14O2. The normalized spacial score (nSPS) is 18.9. The van der Waals surface area contributed by atoms with Crippen molar-refractivity contribution in [2.75, 3.05) is 13.2 Å². The fourth-order valence-corrected chi connectivity index (χ4v) is 0.762. The number of ether oxygens (including phenoxy) is 2. The first kappa shape index (κ1) is 7.45. The van der Waals surface area contributed by atoms with E-state index in [1.807, 2.05) is 0 Å². The Kier molecular flexibility index (Phi) is 1.88. The van der Waals surface area contributed by atoms with E-state index in [4.69, 9.17) is 9.47 Å². The molecule has 0 aromatic carbocycles. The second-order valence-corrected chi connectivity index (χ2v) is 3.45. The second-order valence-electron chi connectivity index (χ2n) is 3.45. The third-order valence-electron chi connectivity index (χ3n) is 1.39. The molecule has 0 saturated carbocycles. The molecule has 1 heterocycles. The number of hydrogen-bond donors (Lipinski definition) is 0. The molecule has 0 atom stereocenters. The topological polar surface area (TPSA) is 18.5 Å². The molecule has 0 fully saturated rings. The van der Waals surface area contributed by atoms with E-state index in [2.05, 4.69) is 20.8 Å². The third-order valence-corrected chi connectivity index (χ3v) is 1.39. The molecule has 0 aromatic heterocycles. The lowest BCUT2D eigenvalue weighted by Crippen LogP contribution is -2.18. The molecule has 2 nitrogen and oxygen atoms in total. The van der Waals surface area contributed by atoms with Crippen LogP contribution in [0.3, 0.4) is 0 Å². The first-order valence-corrected chi connectivity index (χ1v) is 3.56. The van der Waals surface area contributed by atoms with Gasteiger partial charge in [0, 0.05) is 5.41 Å². The molecule has 0 aromatic rings. The van der Waals surface area contributed by atoms with Gasteiger partial charge in [0.15, 0.2) is 0 Å². The maximum absolute atomic E-state index is 5.38. The number of rotatable bonds is 0. The lowest BCUT2D eigenvalue weighted by atomic mass is 9.94. The van der Waals surface area contributed by atoms with Crippen LogP contribution in [0.15, 0.2) is 12.0 Å². The fraction of sp³-hybridized carbons (Fsp3) is 0.750. The van der Waals surface area contributed by atoms with Crippen molar-refractivity contribution in [3.8, 4) is 0 Å². The molecule has 0 aliphatic carbocycles. The average molecular weight is 142 g/mol. The maximum Gasteiger partial charge on any atom is 0.136 e. The van der Waals surface area contributed by atoms with Crippen LogP contribution in [0.2, 0.25) is 0 Å². The molecule has 0 bridgehead atoms. The predicted octanol–water partition coefficient (Wildman–Crippen LogP) is 1.92. The van der Waals surface area contributed by atoms with Gasteiger partial charge in [-0.2, -0.15) is 0 Å². The largest absolute Gasteiger partial charge is 0.494 e. The van der Waals surface area contributed by atoms with Gasteiger partial charge in [-0.05, 0) is 0 Å². The zero-order chi connectivity index (χ0) is 7.61. The molecule has 1 aliphatic heterocycles. The Morgan fingerprint density at radius 3 is 2.30 bits per heavy atom. The van der Waals surface area contributed by atoms with Crippen molar-refractivity contribution < 1.29 is 9.47 Å². The van der Waals surface area contributed by atoms with E-state index in [9.17, 15) is 0 Å². The second kappa shape index (κ2) is 2.52. The van der Waals surface area contributed by atoms with Crippen LogP contribution in [0.5, 0.6) is 0 Å². The lowest BCUT2D eigenvalue weighted by Gasteiger charge is -2.25. The minimum Gasteiger partial charge on any atom is -0.494 e. The van der Waals surface area contributed by atoms with Gasteiger partial charge < -0.3 is 9.47 Å². The molecule has 0 saturated heterocycles. The quantitative estimate of drug-likeness (QED) is 0.514. The number of hydrogen-bond acceptors (Lipinski definition) is 2. The van der Waals surface area contributed by atoms with Gasteiger partial charge in [0.05, 0.1) is 0 Å². The highest BCUT2D eigenvalue weighted by Crippen LogP contribution is 2.27. The Balaban J connectivity index is 2.62. The maximum atomic E-state index is 5.38. The summed E-state index contributed by atoms with van der Waals surface area (Å²) in [7, 11) is 0. The molecule has 1 aliphatic rings. The third kappa shape index (κ3) is 1.66. The van der Waals surface area contributed by atoms with E-state index in [-0.39, 0.29) is 5.41 Å². The summed E-state index contributed by atoms with van der Waals surface area (Å²) >= 11 is 0. The first-order chi connectivity index (χ1) is 4.61. The zero-order valence-corrected chi connectivity index (χ0v) is 6.81. The Morgan fingerprint density at radius 2 is 2.00 bits per heavy atom. The Bertz CT molecular complexity index is 142. The summed E-state index contributed by atoms with van der Waals surface area (Å²) in [5.41, 5.74) is 0.0837. The van der Waals surface area contributed by atoms with Crippen LogP contribution in [0, 0.1) is 5.41 Å². The Hall–Kier alpha value is -0.660. The summed E-state index contributed by atoms with van der Waals surface area (Å²) in [5.74, 6) is 0.943. The average Bonchev–Trinajstić information content (AvgIpc) is 1.88. The van der Waals surface area contributed by atoms with Gasteiger partial charge in [-0.1, -0.05) is 20.8 Å². The molecule has 0 unspecified atom stereocenters. The fourth-order valence-electron chi connectivity index (χ4n) is 0.762. The van der Waals surface area contributed by atoms with Gasteiger partial charge in [0.2, 0.25) is 0 Å². The van der Waals surface area contributed by atoms with E-state index in [1.165, 1.54) is 0 Å². The summed E-state index contributed by atoms with van der Waals surface area (Å²) in [5, 5.41) is 0. The van der Waals surface area contributed by atoms with Crippen LogP contribution in [-0.2, 0) is 9.47 Å². The van der Waals surface area contributed by atoms with Gasteiger partial charge in [-0.3, -0.25) is 0 Å². The molecule has 0 amide bonds. The summed E-state index contributed by atoms with van der Waals surface area (Å²) in [6, 6.07) is 0. The van der Waals surface area contributed by atoms with Crippen LogP contribution in [-0.4, -0.2) is 13.2 Å². The van der Waals surface area contributed by atoms with Gasteiger partial charge in [-0.15, -0.1) is 0 Å². The molecule has 10 heavy (non-hydrogen) atoms. The smallest absolute Gasteiger partial charge is 0.136 e. The van der Waals surface area contributed by atoms with Crippen LogP contribution in [0.25, 0.3) is 0 Å². The number of allylic oxidation sites excluding steroid dienone is 1. The monoisotopic (exact) mass is 142 g/mol. The van der Waals surface area contributed by atoms with Gasteiger partial charge >= 0.3 is 0 Å². The van der Waals surface area contributed by atoms with E-state index in [1.54, 1.807) is 6.26 Å². The Morgan fingerprint density at radius 1 is 1.30 bits per heavy atom. The van der Waals surface area contributed by atoms with E-state index in [0.29, 0.717) is 13.2 Å². The van der Waals surface area contributed by atoms with Crippen molar-refractivity contribution in [3.63, 3.8) is 0 Å². The van der Waals surface area contributed by atoms with Crippen LogP contribution < -0.4 is 0 Å².